The fourth-order valence-electron chi connectivity index (χ4n) is 3.03. The molecule has 2 heterocycles. The number of Topliss-reactive ketones (excluding diaryl/α,β-unsaturated/α-hetero) is 2. The van der Waals surface area contributed by atoms with E-state index in [-0.39, 0.29) is 35.5 Å². The van der Waals surface area contributed by atoms with Gasteiger partial charge in [0.2, 0.25) is 17.3 Å². The molecule has 0 atom stereocenters. The van der Waals surface area contributed by atoms with E-state index >= 15 is 0 Å². The van der Waals surface area contributed by atoms with Gasteiger partial charge in [-0.3, -0.25) is 9.59 Å². The van der Waals surface area contributed by atoms with Crippen LogP contribution in [0.4, 0.5) is 4.39 Å². The van der Waals surface area contributed by atoms with Crippen LogP contribution in [-0.4, -0.2) is 24.8 Å². The Kier molecular flexibility index (Phi) is 7.97. The Bertz CT molecular complexity index is 1070. The van der Waals surface area contributed by atoms with E-state index in [4.69, 9.17) is 13.9 Å². The largest absolute Gasteiger partial charge is 0.486 e. The SMILES string of the molecule is C=C/C=C\C=C1/COC(C(=O)c2ccc(Cc3ccc(F)cc3)o2)=C(OCCCC)C1=O. The molecule has 0 N–H and O–H groups in total. The maximum absolute atomic E-state index is 13.1. The van der Waals surface area contributed by atoms with Crippen molar-refractivity contribution in [2.45, 2.75) is 26.2 Å². The first-order chi connectivity index (χ1) is 15.5. The number of carbonyl (C=O) groups excluding carboxylic acids is 2. The van der Waals surface area contributed by atoms with E-state index in [1.807, 2.05) is 6.92 Å². The summed E-state index contributed by atoms with van der Waals surface area (Å²) in [7, 11) is 0. The lowest BCUT2D eigenvalue weighted by Crippen LogP contribution is -2.26. The van der Waals surface area contributed by atoms with Crippen LogP contribution in [0.1, 0.15) is 41.6 Å². The summed E-state index contributed by atoms with van der Waals surface area (Å²) in [5.41, 5.74) is 1.22. The highest BCUT2D eigenvalue weighted by atomic mass is 19.1. The summed E-state index contributed by atoms with van der Waals surface area (Å²) in [4.78, 5) is 26.0. The Morgan fingerprint density at radius 3 is 2.69 bits per heavy atom. The fourth-order valence-corrected chi connectivity index (χ4v) is 3.03. The zero-order valence-corrected chi connectivity index (χ0v) is 17.9. The molecule has 6 heteroatoms. The average Bonchev–Trinajstić information content (AvgIpc) is 3.26. The highest BCUT2D eigenvalue weighted by Gasteiger charge is 2.33. The Morgan fingerprint density at radius 2 is 1.97 bits per heavy atom. The number of furan rings is 1. The summed E-state index contributed by atoms with van der Waals surface area (Å²) >= 11 is 0. The van der Waals surface area contributed by atoms with E-state index in [1.165, 1.54) is 18.2 Å². The standard InChI is InChI=1S/C26H25FO5/c1-3-5-7-8-19-17-31-26(25(23(19)28)30-15-6-4-2)24(29)22-14-13-21(32-22)16-18-9-11-20(27)12-10-18/h3,5,7-14H,1,4,6,15-17H2,2H3/b7-5-,19-8+. The molecule has 0 spiro atoms. The van der Waals surface area contributed by atoms with Gasteiger partial charge >= 0.3 is 0 Å². The molecule has 0 saturated carbocycles. The summed E-state index contributed by atoms with van der Waals surface area (Å²) in [6, 6.07) is 9.24. The van der Waals surface area contributed by atoms with Crippen molar-refractivity contribution in [2.75, 3.05) is 13.2 Å². The quantitative estimate of drug-likeness (QED) is 0.213. The summed E-state index contributed by atoms with van der Waals surface area (Å²) in [5.74, 6) is -0.952. The van der Waals surface area contributed by atoms with E-state index in [9.17, 15) is 14.0 Å². The molecule has 3 rings (SSSR count). The molecule has 5 nitrogen and oxygen atoms in total. The monoisotopic (exact) mass is 436 g/mol. The molecule has 1 aliphatic heterocycles. The second-order valence-corrected chi connectivity index (χ2v) is 7.19. The lowest BCUT2D eigenvalue weighted by Gasteiger charge is -2.21. The number of allylic oxidation sites excluding steroid dienone is 6. The first-order valence-electron chi connectivity index (χ1n) is 10.4. The lowest BCUT2D eigenvalue weighted by molar-refractivity contribution is -0.117. The Balaban J connectivity index is 1.84. The topological polar surface area (TPSA) is 65.7 Å². The van der Waals surface area contributed by atoms with Gasteiger partial charge in [-0.1, -0.05) is 56.4 Å². The fraction of sp³-hybridized carbons (Fsp3) is 0.231. The number of benzene rings is 1. The second-order valence-electron chi connectivity index (χ2n) is 7.19. The minimum atomic E-state index is -0.559. The molecular weight excluding hydrogens is 411 g/mol. The van der Waals surface area contributed by atoms with Gasteiger partial charge in [0.1, 0.15) is 18.2 Å². The Labute approximate surface area is 186 Å². The number of ether oxygens (including phenoxy) is 2. The minimum absolute atomic E-state index is 0.0421. The molecule has 0 unspecified atom stereocenters. The van der Waals surface area contributed by atoms with Crippen LogP contribution in [0, 0.1) is 5.82 Å². The number of carbonyl (C=O) groups is 2. The van der Waals surface area contributed by atoms with E-state index in [0.717, 1.165) is 18.4 Å². The van der Waals surface area contributed by atoms with Crippen LogP contribution < -0.4 is 0 Å². The van der Waals surface area contributed by atoms with E-state index in [2.05, 4.69) is 6.58 Å². The van der Waals surface area contributed by atoms with E-state index in [1.54, 1.807) is 42.5 Å². The van der Waals surface area contributed by atoms with Gasteiger partial charge in [0.25, 0.3) is 5.78 Å². The molecule has 0 saturated heterocycles. The molecule has 0 aliphatic carbocycles. The molecule has 0 radical (unpaired) electrons. The van der Waals surface area contributed by atoms with Crippen molar-refractivity contribution >= 4 is 11.6 Å². The molecule has 0 amide bonds. The zero-order valence-electron chi connectivity index (χ0n) is 17.9. The molecule has 166 valence electrons. The first-order valence-corrected chi connectivity index (χ1v) is 10.4. The van der Waals surface area contributed by atoms with Crippen LogP contribution in [0.2, 0.25) is 0 Å². The summed E-state index contributed by atoms with van der Waals surface area (Å²) in [6.07, 6.45) is 8.58. The third-order valence-corrected chi connectivity index (χ3v) is 4.75. The van der Waals surface area contributed by atoms with Crippen LogP contribution in [0.15, 0.2) is 88.8 Å². The zero-order chi connectivity index (χ0) is 22.9. The average molecular weight is 436 g/mol. The van der Waals surface area contributed by atoms with Crippen LogP contribution in [0.3, 0.4) is 0 Å². The second kappa shape index (κ2) is 11.1. The lowest BCUT2D eigenvalue weighted by atomic mass is 10.0. The van der Waals surface area contributed by atoms with Crippen LogP contribution >= 0.6 is 0 Å². The van der Waals surface area contributed by atoms with Gasteiger partial charge in [0.15, 0.2) is 5.76 Å². The van der Waals surface area contributed by atoms with Gasteiger partial charge in [-0.15, -0.1) is 0 Å². The van der Waals surface area contributed by atoms with Gasteiger partial charge in [-0.05, 0) is 36.2 Å². The van der Waals surface area contributed by atoms with Crippen molar-refractivity contribution in [3.8, 4) is 0 Å². The maximum Gasteiger partial charge on any atom is 0.266 e. The maximum atomic E-state index is 13.1. The van der Waals surface area contributed by atoms with Crippen molar-refractivity contribution in [2.24, 2.45) is 0 Å². The van der Waals surface area contributed by atoms with Gasteiger partial charge < -0.3 is 13.9 Å². The van der Waals surface area contributed by atoms with Crippen LogP contribution in [-0.2, 0) is 20.7 Å². The number of rotatable bonds is 10. The molecule has 1 aromatic heterocycles. The predicted octanol–water partition coefficient (Wildman–Crippen LogP) is 5.49. The number of hydrogen-bond acceptors (Lipinski definition) is 5. The van der Waals surface area contributed by atoms with Crippen molar-refractivity contribution < 1.29 is 27.9 Å². The molecule has 1 aromatic carbocycles. The third-order valence-electron chi connectivity index (χ3n) is 4.75. The van der Waals surface area contributed by atoms with Crippen molar-refractivity contribution in [3.05, 3.63) is 107 Å². The van der Waals surface area contributed by atoms with Crippen molar-refractivity contribution in [1.29, 1.82) is 0 Å². The number of ketones is 2. The van der Waals surface area contributed by atoms with Crippen LogP contribution in [0.5, 0.6) is 0 Å². The van der Waals surface area contributed by atoms with Crippen molar-refractivity contribution in [1.82, 2.24) is 0 Å². The molecule has 2 aromatic rings. The summed E-state index contributed by atoms with van der Waals surface area (Å²) in [5, 5.41) is 0. The van der Waals surface area contributed by atoms with Gasteiger partial charge in [-0.25, -0.2) is 4.39 Å². The molecule has 1 aliphatic rings. The molecule has 32 heavy (non-hydrogen) atoms. The third kappa shape index (κ3) is 5.72. The Morgan fingerprint density at radius 1 is 1.19 bits per heavy atom. The Hall–Kier alpha value is -3.67. The van der Waals surface area contributed by atoms with E-state index in [0.29, 0.717) is 24.4 Å². The number of hydrogen-bond donors (Lipinski definition) is 0. The smallest absolute Gasteiger partial charge is 0.266 e. The van der Waals surface area contributed by atoms with Crippen molar-refractivity contribution in [3.63, 3.8) is 0 Å². The predicted molar refractivity (Wildman–Crippen MR) is 119 cm³/mol. The van der Waals surface area contributed by atoms with Gasteiger partial charge in [0.05, 0.1) is 6.61 Å². The minimum Gasteiger partial charge on any atom is -0.486 e. The van der Waals surface area contributed by atoms with Gasteiger partial charge in [-0.2, -0.15) is 0 Å². The van der Waals surface area contributed by atoms with E-state index < -0.39 is 5.78 Å². The van der Waals surface area contributed by atoms with Gasteiger partial charge in [0, 0.05) is 12.0 Å². The normalized spacial score (nSPS) is 15.3. The summed E-state index contributed by atoms with van der Waals surface area (Å²) in [6.45, 7) is 5.83. The molecule has 0 bridgehead atoms. The molecular formula is C26H25FO5. The summed E-state index contributed by atoms with van der Waals surface area (Å²) < 4.78 is 30.1. The number of halogens is 1. The molecule has 0 fully saturated rings. The number of unbranched alkanes of at least 4 members (excludes halogenated alkanes) is 1. The van der Waals surface area contributed by atoms with Crippen LogP contribution in [0.25, 0.3) is 0 Å². The highest BCUT2D eigenvalue weighted by Crippen LogP contribution is 2.26. The first kappa shape index (κ1) is 23.0. The highest BCUT2D eigenvalue weighted by molar-refractivity contribution is 6.16.